The summed E-state index contributed by atoms with van der Waals surface area (Å²) in [5.41, 5.74) is 3.11. The van der Waals surface area contributed by atoms with Crippen molar-refractivity contribution in [1.29, 1.82) is 0 Å². The van der Waals surface area contributed by atoms with Crippen molar-refractivity contribution in [1.82, 2.24) is 15.1 Å². The third kappa shape index (κ3) is 3.41. The van der Waals surface area contributed by atoms with Crippen LogP contribution in [-0.2, 0) is 4.79 Å². The number of carboxylic acids is 1. The normalized spacial score (nSPS) is 12.2. The molecule has 0 radical (unpaired) electrons. The highest BCUT2D eigenvalue weighted by Gasteiger charge is 2.23. The summed E-state index contributed by atoms with van der Waals surface area (Å²) in [7, 11) is 0. The Kier molecular flexibility index (Phi) is 4.83. The van der Waals surface area contributed by atoms with Crippen LogP contribution in [0.2, 0.25) is 0 Å². The smallest absolute Gasteiger partial charge is 0.325 e. The van der Waals surface area contributed by atoms with Crippen LogP contribution < -0.4 is 5.32 Å². The second-order valence-electron chi connectivity index (χ2n) is 5.83. The van der Waals surface area contributed by atoms with Gasteiger partial charge in [0.2, 0.25) is 0 Å². The highest BCUT2D eigenvalue weighted by atomic mass is 16.4. The molecule has 1 unspecified atom stereocenters. The van der Waals surface area contributed by atoms with Gasteiger partial charge in [-0.3, -0.25) is 9.59 Å². The van der Waals surface area contributed by atoms with E-state index in [1.54, 1.807) is 4.68 Å². The molecule has 23 heavy (non-hydrogen) atoms. The zero-order chi connectivity index (χ0) is 17.1. The lowest BCUT2D eigenvalue weighted by molar-refractivity contribution is -0.138. The summed E-state index contributed by atoms with van der Waals surface area (Å²) in [6.07, 6.45) is 1.49. The van der Waals surface area contributed by atoms with Gasteiger partial charge in [-0.05, 0) is 31.4 Å². The lowest BCUT2D eigenvalue weighted by Gasteiger charge is -2.15. The Hall–Kier alpha value is -2.63. The number of aryl methyl sites for hydroxylation is 1. The minimum Gasteiger partial charge on any atom is -0.480 e. The van der Waals surface area contributed by atoms with E-state index >= 15 is 0 Å². The van der Waals surface area contributed by atoms with Crippen LogP contribution in [0.3, 0.4) is 0 Å². The van der Waals surface area contributed by atoms with Gasteiger partial charge in [0.05, 0.1) is 23.1 Å². The summed E-state index contributed by atoms with van der Waals surface area (Å²) in [5.74, 6) is -1.45. The summed E-state index contributed by atoms with van der Waals surface area (Å²) in [6, 6.07) is 6.83. The molecule has 2 aromatic rings. The molecule has 0 bridgehead atoms. The Balaban J connectivity index is 2.46. The molecule has 1 aromatic carbocycles. The molecule has 1 atom stereocenters. The van der Waals surface area contributed by atoms with Gasteiger partial charge < -0.3 is 10.4 Å². The van der Waals surface area contributed by atoms with Gasteiger partial charge >= 0.3 is 5.97 Å². The number of hydrogen-bond donors (Lipinski definition) is 2. The molecule has 2 N–H and O–H groups in total. The summed E-state index contributed by atoms with van der Waals surface area (Å²) < 4.78 is 1.75. The van der Waals surface area contributed by atoms with Gasteiger partial charge in [0.15, 0.2) is 0 Å². The predicted molar refractivity (Wildman–Crippen MR) is 87.0 cm³/mol. The van der Waals surface area contributed by atoms with Crippen LogP contribution in [0, 0.1) is 6.92 Å². The molecule has 0 spiro atoms. The van der Waals surface area contributed by atoms with Crippen LogP contribution in [0.5, 0.6) is 0 Å². The summed E-state index contributed by atoms with van der Waals surface area (Å²) >= 11 is 0. The van der Waals surface area contributed by atoms with Gasteiger partial charge in [0.25, 0.3) is 5.91 Å². The van der Waals surface area contributed by atoms with Gasteiger partial charge in [-0.1, -0.05) is 32.0 Å². The first kappa shape index (κ1) is 16.7. The topological polar surface area (TPSA) is 84.2 Å². The molecule has 2 rings (SSSR count). The minimum atomic E-state index is -1.07. The molecule has 0 aliphatic heterocycles. The Morgan fingerprint density at radius 1 is 1.22 bits per heavy atom. The zero-order valence-corrected chi connectivity index (χ0v) is 13.7. The van der Waals surface area contributed by atoms with Crippen molar-refractivity contribution in [2.45, 2.75) is 39.7 Å². The van der Waals surface area contributed by atoms with Crippen molar-refractivity contribution in [3.05, 3.63) is 47.3 Å². The number of nitrogens with one attached hydrogen (secondary N) is 1. The third-order valence-electron chi connectivity index (χ3n) is 3.66. The maximum Gasteiger partial charge on any atom is 0.325 e. The first-order valence-electron chi connectivity index (χ1n) is 7.50. The maximum atomic E-state index is 12.4. The monoisotopic (exact) mass is 315 g/mol. The van der Waals surface area contributed by atoms with E-state index in [9.17, 15) is 9.59 Å². The van der Waals surface area contributed by atoms with Crippen molar-refractivity contribution < 1.29 is 14.7 Å². The number of hydrogen-bond acceptors (Lipinski definition) is 3. The first-order valence-corrected chi connectivity index (χ1v) is 7.50. The number of rotatable bonds is 5. The molecule has 0 aliphatic rings. The zero-order valence-electron chi connectivity index (χ0n) is 13.7. The van der Waals surface area contributed by atoms with Crippen LogP contribution in [-0.4, -0.2) is 32.8 Å². The van der Waals surface area contributed by atoms with Crippen LogP contribution in [0.1, 0.15) is 48.3 Å². The summed E-state index contributed by atoms with van der Waals surface area (Å²) in [5, 5.41) is 15.8. The first-order chi connectivity index (χ1) is 10.8. The SMILES string of the molecule is Cc1ccccc1-n1ncc(C(=O)NC(C)C(=O)O)c1C(C)C. The number of carbonyl (C=O) groups is 2. The lowest BCUT2D eigenvalue weighted by atomic mass is 10.0. The second kappa shape index (κ2) is 6.64. The van der Waals surface area contributed by atoms with Gasteiger partial charge in [0.1, 0.15) is 6.04 Å². The number of para-hydroxylation sites is 1. The number of nitrogens with zero attached hydrogens (tertiary/aromatic N) is 2. The predicted octanol–water partition coefficient (Wildman–Crippen LogP) is 2.51. The van der Waals surface area contributed by atoms with Crippen molar-refractivity contribution in [3.63, 3.8) is 0 Å². The van der Waals surface area contributed by atoms with Gasteiger partial charge in [0, 0.05) is 0 Å². The molecule has 0 saturated carbocycles. The lowest BCUT2D eigenvalue weighted by Crippen LogP contribution is -2.38. The number of carbonyl (C=O) groups excluding carboxylic acids is 1. The molecular weight excluding hydrogens is 294 g/mol. The van der Waals surface area contributed by atoms with Crippen LogP contribution >= 0.6 is 0 Å². The quantitative estimate of drug-likeness (QED) is 0.888. The Bertz CT molecular complexity index is 734. The summed E-state index contributed by atoms with van der Waals surface area (Å²) in [6.45, 7) is 7.36. The fourth-order valence-electron chi connectivity index (χ4n) is 2.42. The van der Waals surface area contributed by atoms with E-state index in [4.69, 9.17) is 5.11 Å². The molecule has 1 heterocycles. The Morgan fingerprint density at radius 2 is 1.87 bits per heavy atom. The maximum absolute atomic E-state index is 12.4. The fraction of sp³-hybridized carbons (Fsp3) is 0.353. The molecule has 0 aliphatic carbocycles. The molecular formula is C17H21N3O3. The molecule has 122 valence electrons. The van der Waals surface area contributed by atoms with Crippen LogP contribution in [0.4, 0.5) is 0 Å². The second-order valence-corrected chi connectivity index (χ2v) is 5.83. The van der Waals surface area contributed by atoms with E-state index in [2.05, 4.69) is 10.4 Å². The standard InChI is InChI=1S/C17H21N3O3/c1-10(2)15-13(16(21)19-12(4)17(22)23)9-18-20(15)14-8-6-5-7-11(14)3/h5-10,12H,1-4H3,(H,19,21)(H,22,23). The van der Waals surface area contributed by atoms with E-state index in [0.717, 1.165) is 16.9 Å². The molecule has 1 aromatic heterocycles. The Labute approximate surface area is 135 Å². The molecule has 0 saturated heterocycles. The van der Waals surface area contributed by atoms with E-state index in [0.29, 0.717) is 5.56 Å². The Morgan fingerprint density at radius 3 is 2.43 bits per heavy atom. The van der Waals surface area contributed by atoms with E-state index in [1.807, 2.05) is 45.0 Å². The van der Waals surface area contributed by atoms with Crippen LogP contribution in [0.15, 0.2) is 30.5 Å². The highest BCUT2D eigenvalue weighted by Crippen LogP contribution is 2.24. The number of benzene rings is 1. The number of amides is 1. The number of aromatic nitrogens is 2. The minimum absolute atomic E-state index is 0.0537. The number of carboxylic acid groups (broad SMARTS) is 1. The number of aliphatic carboxylic acids is 1. The average Bonchev–Trinajstić information content (AvgIpc) is 2.92. The van der Waals surface area contributed by atoms with Crippen molar-refractivity contribution in [2.24, 2.45) is 0 Å². The summed E-state index contributed by atoms with van der Waals surface area (Å²) in [4.78, 5) is 23.3. The van der Waals surface area contributed by atoms with Gasteiger partial charge in [-0.2, -0.15) is 5.10 Å². The van der Waals surface area contributed by atoms with Gasteiger partial charge in [-0.25, -0.2) is 4.68 Å². The fourth-order valence-corrected chi connectivity index (χ4v) is 2.42. The third-order valence-corrected chi connectivity index (χ3v) is 3.66. The molecule has 6 nitrogen and oxygen atoms in total. The largest absolute Gasteiger partial charge is 0.480 e. The molecule has 6 heteroatoms. The highest BCUT2D eigenvalue weighted by molar-refractivity contribution is 5.97. The molecule has 0 fully saturated rings. The van der Waals surface area contributed by atoms with Gasteiger partial charge in [-0.15, -0.1) is 0 Å². The van der Waals surface area contributed by atoms with E-state index in [1.165, 1.54) is 13.1 Å². The van der Waals surface area contributed by atoms with Crippen molar-refractivity contribution in [2.75, 3.05) is 0 Å². The van der Waals surface area contributed by atoms with E-state index in [-0.39, 0.29) is 5.92 Å². The van der Waals surface area contributed by atoms with Crippen molar-refractivity contribution in [3.8, 4) is 5.69 Å². The average molecular weight is 315 g/mol. The van der Waals surface area contributed by atoms with E-state index < -0.39 is 17.9 Å². The molecule has 1 amide bonds. The van der Waals surface area contributed by atoms with Crippen LogP contribution in [0.25, 0.3) is 5.69 Å². The van der Waals surface area contributed by atoms with Crippen molar-refractivity contribution >= 4 is 11.9 Å².